The average molecular weight is 455 g/mol. The number of halogens is 1. The average Bonchev–Trinajstić information content (AvgIpc) is 3.54. The molecule has 11 heteroatoms. The second kappa shape index (κ2) is 8.17. The van der Waals surface area contributed by atoms with Crippen molar-refractivity contribution in [3.8, 4) is 22.6 Å². The summed E-state index contributed by atoms with van der Waals surface area (Å²) in [5, 5.41) is 7.99. The molecular formula is C21H18FN5O4S. The number of pyridine rings is 1. The second-order valence-electron chi connectivity index (χ2n) is 7.19. The van der Waals surface area contributed by atoms with Gasteiger partial charge in [0.05, 0.1) is 18.0 Å². The van der Waals surface area contributed by atoms with Gasteiger partial charge in [0, 0.05) is 25.1 Å². The zero-order chi connectivity index (χ0) is 22.2. The molecule has 0 fully saturated rings. The lowest BCUT2D eigenvalue weighted by Crippen LogP contribution is -2.16. The van der Waals surface area contributed by atoms with Crippen LogP contribution in [0.1, 0.15) is 16.6 Å². The molecule has 164 valence electrons. The maximum atomic E-state index is 14.4. The van der Waals surface area contributed by atoms with Crippen molar-refractivity contribution in [2.45, 2.75) is 19.6 Å². The monoisotopic (exact) mass is 455 g/mol. The first kappa shape index (κ1) is 20.3. The van der Waals surface area contributed by atoms with E-state index in [9.17, 15) is 9.18 Å². The van der Waals surface area contributed by atoms with Crippen molar-refractivity contribution in [1.82, 2.24) is 19.1 Å². The quantitative estimate of drug-likeness (QED) is 0.473. The summed E-state index contributed by atoms with van der Waals surface area (Å²) in [6.45, 7) is 2.33. The fourth-order valence-electron chi connectivity index (χ4n) is 3.39. The number of amides is 1. The first-order valence-electron chi connectivity index (χ1n) is 9.74. The minimum atomic E-state index is -0.515. The van der Waals surface area contributed by atoms with Crippen LogP contribution in [0.4, 0.5) is 10.2 Å². The van der Waals surface area contributed by atoms with E-state index in [1.807, 2.05) is 13.0 Å². The van der Waals surface area contributed by atoms with E-state index in [1.165, 1.54) is 6.07 Å². The van der Waals surface area contributed by atoms with Crippen molar-refractivity contribution in [2.75, 3.05) is 19.2 Å². The Morgan fingerprint density at radius 2 is 2.22 bits per heavy atom. The Morgan fingerprint density at radius 1 is 1.34 bits per heavy atom. The third-order valence-electron chi connectivity index (χ3n) is 5.07. The van der Waals surface area contributed by atoms with Gasteiger partial charge in [0.2, 0.25) is 12.5 Å². The molecule has 3 aromatic heterocycles. The fraction of sp³-hybridized carbons (Fsp3) is 0.238. The van der Waals surface area contributed by atoms with Crippen LogP contribution in [0, 0.1) is 5.82 Å². The van der Waals surface area contributed by atoms with Gasteiger partial charge in [-0.05, 0) is 48.3 Å². The van der Waals surface area contributed by atoms with Crippen molar-refractivity contribution in [3.05, 3.63) is 47.4 Å². The number of hydrogen-bond acceptors (Lipinski definition) is 8. The molecule has 1 aliphatic rings. The number of anilines is 1. The summed E-state index contributed by atoms with van der Waals surface area (Å²) in [6, 6.07) is 6.50. The summed E-state index contributed by atoms with van der Waals surface area (Å²) in [5.41, 5.74) is 1.78. The van der Waals surface area contributed by atoms with Crippen LogP contribution < -0.4 is 14.8 Å². The Morgan fingerprint density at radius 3 is 3.00 bits per heavy atom. The van der Waals surface area contributed by atoms with E-state index in [1.54, 1.807) is 36.3 Å². The number of rotatable bonds is 6. The van der Waals surface area contributed by atoms with Crippen molar-refractivity contribution in [1.29, 1.82) is 0 Å². The lowest BCUT2D eigenvalue weighted by molar-refractivity contribution is 0.101. The number of fused-ring (bicyclic) bond motifs is 2. The van der Waals surface area contributed by atoms with Gasteiger partial charge in [0.1, 0.15) is 4.88 Å². The Bertz CT molecular complexity index is 1310. The van der Waals surface area contributed by atoms with Crippen LogP contribution in [-0.4, -0.2) is 45.1 Å². The SMILES string of the molecule is COC(C)Cn1nc(NC(=O)c2ccns2)c2cc(-c3cc(F)c4c(c3)OCO4)cnc21. The molecule has 1 unspecified atom stereocenters. The van der Waals surface area contributed by atoms with Gasteiger partial charge >= 0.3 is 0 Å². The number of nitrogens with one attached hydrogen (secondary N) is 1. The summed E-state index contributed by atoms with van der Waals surface area (Å²) in [5.74, 6) is -0.0563. The highest BCUT2D eigenvalue weighted by Crippen LogP contribution is 2.39. The van der Waals surface area contributed by atoms with Crippen LogP contribution >= 0.6 is 11.5 Å². The maximum absolute atomic E-state index is 14.4. The van der Waals surface area contributed by atoms with E-state index in [0.29, 0.717) is 45.1 Å². The molecule has 32 heavy (non-hydrogen) atoms. The molecule has 0 radical (unpaired) electrons. The Hall–Kier alpha value is -3.57. The van der Waals surface area contributed by atoms with Crippen LogP contribution in [0.3, 0.4) is 0 Å². The van der Waals surface area contributed by atoms with Crippen molar-refractivity contribution < 1.29 is 23.4 Å². The number of nitrogens with zero attached hydrogens (tertiary/aromatic N) is 4. The molecule has 4 aromatic rings. The van der Waals surface area contributed by atoms with Gasteiger partial charge in [-0.15, -0.1) is 0 Å². The third-order valence-corrected chi connectivity index (χ3v) is 5.82. The number of aromatic nitrogens is 4. The summed E-state index contributed by atoms with van der Waals surface area (Å²) >= 11 is 1.09. The molecule has 5 rings (SSSR count). The topological polar surface area (TPSA) is 100 Å². The Balaban J connectivity index is 1.58. The highest BCUT2D eigenvalue weighted by atomic mass is 32.1. The van der Waals surface area contributed by atoms with Gasteiger partial charge in [-0.2, -0.15) is 5.10 Å². The third kappa shape index (κ3) is 3.65. The highest BCUT2D eigenvalue weighted by Gasteiger charge is 2.22. The van der Waals surface area contributed by atoms with E-state index < -0.39 is 5.82 Å². The van der Waals surface area contributed by atoms with Crippen LogP contribution in [0.15, 0.2) is 36.7 Å². The Kier molecular flexibility index (Phi) is 5.19. The molecule has 4 heterocycles. The van der Waals surface area contributed by atoms with E-state index in [-0.39, 0.29) is 24.6 Å². The molecule has 1 N–H and O–H groups in total. The van der Waals surface area contributed by atoms with Crippen molar-refractivity contribution >= 4 is 34.3 Å². The largest absolute Gasteiger partial charge is 0.453 e. The van der Waals surface area contributed by atoms with Gasteiger partial charge in [-0.3, -0.25) is 4.79 Å². The number of carbonyl (C=O) groups excluding carboxylic acids is 1. The van der Waals surface area contributed by atoms with Crippen LogP contribution in [0.25, 0.3) is 22.2 Å². The predicted octanol–water partition coefficient (Wildman–Crippen LogP) is 3.71. The normalized spacial score (nSPS) is 13.5. The zero-order valence-corrected chi connectivity index (χ0v) is 18.0. The molecule has 0 aliphatic carbocycles. The molecule has 1 aromatic carbocycles. The summed E-state index contributed by atoms with van der Waals surface area (Å²) in [7, 11) is 1.61. The second-order valence-corrected chi connectivity index (χ2v) is 8.03. The fourth-order valence-corrected chi connectivity index (χ4v) is 3.88. The minimum absolute atomic E-state index is 0.0226. The molecule has 1 aliphatic heterocycles. The number of ether oxygens (including phenoxy) is 3. The molecule has 0 saturated heterocycles. The predicted molar refractivity (Wildman–Crippen MR) is 116 cm³/mol. The van der Waals surface area contributed by atoms with Crippen LogP contribution in [0.2, 0.25) is 0 Å². The van der Waals surface area contributed by atoms with Gasteiger partial charge in [0.25, 0.3) is 5.91 Å². The number of carbonyl (C=O) groups is 1. The lowest BCUT2D eigenvalue weighted by Gasteiger charge is -2.09. The molecule has 1 atom stereocenters. The van der Waals surface area contributed by atoms with E-state index >= 15 is 0 Å². The van der Waals surface area contributed by atoms with Gasteiger partial charge in [0.15, 0.2) is 23.0 Å². The number of hydrogen-bond donors (Lipinski definition) is 1. The van der Waals surface area contributed by atoms with Gasteiger partial charge in [-0.25, -0.2) is 18.4 Å². The number of benzene rings is 1. The van der Waals surface area contributed by atoms with Gasteiger partial charge in [-0.1, -0.05) is 0 Å². The molecule has 9 nitrogen and oxygen atoms in total. The van der Waals surface area contributed by atoms with E-state index in [4.69, 9.17) is 14.2 Å². The molecule has 0 spiro atoms. The van der Waals surface area contributed by atoms with Gasteiger partial charge < -0.3 is 19.5 Å². The Labute approximate surface area is 185 Å². The van der Waals surface area contributed by atoms with Crippen LogP contribution in [-0.2, 0) is 11.3 Å². The molecule has 1 amide bonds. The lowest BCUT2D eigenvalue weighted by atomic mass is 10.1. The highest BCUT2D eigenvalue weighted by molar-refractivity contribution is 7.08. The molecular weight excluding hydrogens is 437 g/mol. The van der Waals surface area contributed by atoms with Crippen molar-refractivity contribution in [2.24, 2.45) is 0 Å². The smallest absolute Gasteiger partial charge is 0.268 e. The maximum Gasteiger partial charge on any atom is 0.268 e. The molecule has 0 bridgehead atoms. The number of methoxy groups -OCH3 is 1. The minimum Gasteiger partial charge on any atom is -0.453 e. The summed E-state index contributed by atoms with van der Waals surface area (Å²) in [6.07, 6.45) is 3.07. The van der Waals surface area contributed by atoms with Crippen LogP contribution in [0.5, 0.6) is 11.5 Å². The van der Waals surface area contributed by atoms with Crippen molar-refractivity contribution in [3.63, 3.8) is 0 Å². The van der Waals surface area contributed by atoms with E-state index in [0.717, 1.165) is 11.5 Å². The first-order valence-corrected chi connectivity index (χ1v) is 10.5. The molecule has 0 saturated carbocycles. The first-order chi connectivity index (χ1) is 15.5. The summed E-state index contributed by atoms with van der Waals surface area (Å²) < 4.78 is 35.9. The van der Waals surface area contributed by atoms with E-state index in [2.05, 4.69) is 19.8 Å². The summed E-state index contributed by atoms with van der Waals surface area (Å²) in [4.78, 5) is 17.6. The standard InChI is InChI=1S/C21H18FN5O4S/c1-11(29-2)9-27-20-14(19(26-27)25-21(28)17-3-4-24-32-17)5-13(8-23-20)12-6-15(22)18-16(7-12)30-10-31-18/h3-8,11H,9-10H2,1-2H3,(H,25,26,28). The zero-order valence-electron chi connectivity index (χ0n) is 17.2.